The molecule has 1 aromatic heterocycles. The first kappa shape index (κ1) is 12.2. The zero-order valence-corrected chi connectivity index (χ0v) is 11.1. The van der Waals surface area contributed by atoms with Crippen LogP contribution >= 0.6 is 0 Å². The Balaban J connectivity index is 1.91. The second-order valence-electron chi connectivity index (χ2n) is 5.46. The van der Waals surface area contributed by atoms with Gasteiger partial charge in [0.15, 0.2) is 0 Å². The zero-order chi connectivity index (χ0) is 13.5. The summed E-state index contributed by atoms with van der Waals surface area (Å²) in [5, 5.41) is 4.13. The minimum Gasteiger partial charge on any atom is -0.348 e. The number of aryl methyl sites for hydroxylation is 1. The van der Waals surface area contributed by atoms with Gasteiger partial charge in [0.1, 0.15) is 0 Å². The molecule has 0 spiro atoms. The van der Waals surface area contributed by atoms with Gasteiger partial charge in [-0.25, -0.2) is 0 Å². The molecule has 0 atom stereocenters. The molecule has 4 heteroatoms. The monoisotopic (exact) mass is 257 g/mol. The number of hydrogen-bond acceptors (Lipinski definition) is 2. The van der Waals surface area contributed by atoms with Gasteiger partial charge in [0.25, 0.3) is 0 Å². The molecule has 0 unspecified atom stereocenters. The van der Waals surface area contributed by atoms with Crippen LogP contribution in [0.3, 0.4) is 0 Å². The number of para-hydroxylation sites is 1. The van der Waals surface area contributed by atoms with Gasteiger partial charge in [-0.15, -0.1) is 0 Å². The van der Waals surface area contributed by atoms with E-state index in [2.05, 4.69) is 5.32 Å². The number of fused-ring (bicyclic) bond motifs is 1. The number of nitrogens with one attached hydrogen (secondary N) is 1. The third-order valence-electron chi connectivity index (χ3n) is 4.33. The second kappa shape index (κ2) is 4.38. The minimum absolute atomic E-state index is 0.0672. The van der Waals surface area contributed by atoms with Gasteiger partial charge < -0.3 is 15.6 Å². The molecule has 1 heterocycles. The van der Waals surface area contributed by atoms with Crippen LogP contribution in [-0.4, -0.2) is 17.0 Å². The van der Waals surface area contributed by atoms with Crippen LogP contribution in [0.25, 0.3) is 10.9 Å². The van der Waals surface area contributed by atoms with E-state index in [1.165, 1.54) is 0 Å². The highest BCUT2D eigenvalue weighted by molar-refractivity contribution is 6.04. The van der Waals surface area contributed by atoms with E-state index >= 15 is 0 Å². The van der Waals surface area contributed by atoms with Gasteiger partial charge in [-0.2, -0.15) is 0 Å². The summed E-state index contributed by atoms with van der Waals surface area (Å²) < 4.78 is 2.03. The molecule has 100 valence electrons. The Kier molecular flexibility index (Phi) is 2.82. The largest absolute Gasteiger partial charge is 0.348 e. The number of hydrogen-bond donors (Lipinski definition) is 2. The summed E-state index contributed by atoms with van der Waals surface area (Å²) in [5.41, 5.74) is 7.44. The smallest absolute Gasteiger partial charge is 0.231 e. The van der Waals surface area contributed by atoms with Crippen molar-refractivity contribution < 1.29 is 4.79 Å². The minimum atomic E-state index is -0.336. The molecule has 1 saturated carbocycles. The number of rotatable bonds is 3. The lowest BCUT2D eigenvalue weighted by atomic mass is 9.68. The maximum Gasteiger partial charge on any atom is 0.231 e. The standard InChI is InChI=1S/C15H19N3O/c1-18-9-12(11-5-2-3-6-13(11)18)17-14(19)15(10-16)7-4-8-15/h2-3,5-6,9H,4,7-8,10,16H2,1H3,(H,17,19). The summed E-state index contributed by atoms with van der Waals surface area (Å²) in [6.07, 6.45) is 4.87. The average molecular weight is 257 g/mol. The third kappa shape index (κ3) is 1.83. The summed E-state index contributed by atoms with van der Waals surface area (Å²) >= 11 is 0. The lowest BCUT2D eigenvalue weighted by Crippen LogP contribution is -2.47. The topological polar surface area (TPSA) is 60.0 Å². The van der Waals surface area contributed by atoms with Crippen LogP contribution in [0.4, 0.5) is 5.69 Å². The van der Waals surface area contributed by atoms with Crippen LogP contribution in [0.2, 0.25) is 0 Å². The van der Waals surface area contributed by atoms with Crippen molar-refractivity contribution in [1.29, 1.82) is 0 Å². The highest BCUT2D eigenvalue weighted by Gasteiger charge is 2.42. The van der Waals surface area contributed by atoms with E-state index in [4.69, 9.17) is 5.73 Å². The Morgan fingerprint density at radius 1 is 1.42 bits per heavy atom. The molecule has 1 amide bonds. The highest BCUT2D eigenvalue weighted by atomic mass is 16.2. The van der Waals surface area contributed by atoms with E-state index in [9.17, 15) is 4.79 Å². The predicted octanol–water partition coefficient (Wildman–Crippen LogP) is 2.25. The molecule has 3 rings (SSSR count). The van der Waals surface area contributed by atoms with E-state index < -0.39 is 0 Å². The number of carbonyl (C=O) groups excluding carboxylic acids is 1. The van der Waals surface area contributed by atoms with Crippen molar-refractivity contribution in [2.24, 2.45) is 18.2 Å². The molecule has 0 saturated heterocycles. The van der Waals surface area contributed by atoms with Crippen molar-refractivity contribution >= 4 is 22.5 Å². The number of nitrogens with two attached hydrogens (primary N) is 1. The van der Waals surface area contributed by atoms with Crippen LogP contribution in [0.5, 0.6) is 0 Å². The van der Waals surface area contributed by atoms with Gasteiger partial charge >= 0.3 is 0 Å². The van der Waals surface area contributed by atoms with Crippen molar-refractivity contribution in [3.05, 3.63) is 30.5 Å². The van der Waals surface area contributed by atoms with Crippen LogP contribution in [0, 0.1) is 5.41 Å². The zero-order valence-electron chi connectivity index (χ0n) is 11.1. The summed E-state index contributed by atoms with van der Waals surface area (Å²) in [7, 11) is 1.99. The Bertz CT molecular complexity index is 620. The molecule has 1 aliphatic rings. The fourth-order valence-electron chi connectivity index (χ4n) is 2.82. The molecule has 2 aromatic rings. The van der Waals surface area contributed by atoms with Crippen LogP contribution in [0.15, 0.2) is 30.5 Å². The third-order valence-corrected chi connectivity index (χ3v) is 4.33. The van der Waals surface area contributed by atoms with Gasteiger partial charge in [0, 0.05) is 30.7 Å². The number of nitrogens with zero attached hydrogens (tertiary/aromatic N) is 1. The van der Waals surface area contributed by atoms with E-state index in [0.29, 0.717) is 6.54 Å². The van der Waals surface area contributed by atoms with Gasteiger partial charge in [-0.1, -0.05) is 24.6 Å². The van der Waals surface area contributed by atoms with Crippen molar-refractivity contribution in [2.45, 2.75) is 19.3 Å². The number of carbonyl (C=O) groups is 1. The molecule has 0 aliphatic heterocycles. The Labute approximate surface area is 112 Å². The van der Waals surface area contributed by atoms with Crippen molar-refractivity contribution in [2.75, 3.05) is 11.9 Å². The molecule has 4 nitrogen and oxygen atoms in total. The normalized spacial score (nSPS) is 17.2. The second-order valence-corrected chi connectivity index (χ2v) is 5.46. The van der Waals surface area contributed by atoms with Gasteiger partial charge in [0.2, 0.25) is 5.91 Å². The van der Waals surface area contributed by atoms with Crippen LogP contribution in [0.1, 0.15) is 19.3 Å². The summed E-state index contributed by atoms with van der Waals surface area (Å²) in [6, 6.07) is 8.06. The highest BCUT2D eigenvalue weighted by Crippen LogP contribution is 2.41. The first-order chi connectivity index (χ1) is 9.16. The SMILES string of the molecule is Cn1cc(NC(=O)C2(CN)CCC2)c2ccccc21. The molecule has 19 heavy (non-hydrogen) atoms. The van der Waals surface area contributed by atoms with E-state index in [1.54, 1.807) is 0 Å². The van der Waals surface area contributed by atoms with Gasteiger partial charge in [0.05, 0.1) is 11.1 Å². The molecule has 1 fully saturated rings. The number of anilines is 1. The lowest BCUT2D eigenvalue weighted by molar-refractivity contribution is -0.129. The Morgan fingerprint density at radius 3 is 2.79 bits per heavy atom. The van der Waals surface area contributed by atoms with Gasteiger partial charge in [-0.05, 0) is 18.9 Å². The molecule has 3 N–H and O–H groups in total. The van der Waals surface area contributed by atoms with Crippen molar-refractivity contribution in [3.63, 3.8) is 0 Å². The molecular formula is C15H19N3O. The quantitative estimate of drug-likeness (QED) is 0.886. The fraction of sp³-hybridized carbons (Fsp3) is 0.400. The van der Waals surface area contributed by atoms with Crippen LogP contribution < -0.4 is 11.1 Å². The average Bonchev–Trinajstić information content (AvgIpc) is 2.66. The Hall–Kier alpha value is -1.81. The van der Waals surface area contributed by atoms with E-state index in [0.717, 1.165) is 35.9 Å². The maximum absolute atomic E-state index is 12.4. The lowest BCUT2D eigenvalue weighted by Gasteiger charge is -2.38. The molecule has 0 radical (unpaired) electrons. The molecular weight excluding hydrogens is 238 g/mol. The number of amides is 1. The van der Waals surface area contributed by atoms with Crippen molar-refractivity contribution in [3.8, 4) is 0 Å². The maximum atomic E-state index is 12.4. The molecule has 1 aliphatic carbocycles. The predicted molar refractivity (Wildman–Crippen MR) is 76.9 cm³/mol. The van der Waals surface area contributed by atoms with Crippen molar-refractivity contribution in [1.82, 2.24) is 4.57 Å². The first-order valence-corrected chi connectivity index (χ1v) is 6.72. The molecule has 0 bridgehead atoms. The Morgan fingerprint density at radius 2 is 2.16 bits per heavy atom. The van der Waals surface area contributed by atoms with Crippen LogP contribution in [-0.2, 0) is 11.8 Å². The number of aromatic nitrogens is 1. The van der Waals surface area contributed by atoms with E-state index in [1.807, 2.05) is 42.1 Å². The summed E-state index contributed by atoms with van der Waals surface area (Å²) in [6.45, 7) is 0.434. The first-order valence-electron chi connectivity index (χ1n) is 6.72. The van der Waals surface area contributed by atoms with Gasteiger partial charge in [-0.3, -0.25) is 4.79 Å². The summed E-state index contributed by atoms with van der Waals surface area (Å²) in [5.74, 6) is 0.0672. The molecule has 1 aromatic carbocycles. The summed E-state index contributed by atoms with van der Waals surface area (Å²) in [4.78, 5) is 12.4. The number of benzene rings is 1. The fourth-order valence-corrected chi connectivity index (χ4v) is 2.82. The van der Waals surface area contributed by atoms with E-state index in [-0.39, 0.29) is 11.3 Å².